The van der Waals surface area contributed by atoms with E-state index in [4.69, 9.17) is 4.74 Å². The Morgan fingerprint density at radius 3 is 2.44 bits per heavy atom. The third-order valence-corrected chi connectivity index (χ3v) is 6.02. The van der Waals surface area contributed by atoms with Gasteiger partial charge in [-0.1, -0.05) is 18.2 Å². The van der Waals surface area contributed by atoms with Crippen LogP contribution in [-0.4, -0.2) is 34.0 Å². The van der Waals surface area contributed by atoms with Gasteiger partial charge in [0, 0.05) is 13.0 Å². The number of fused-ring (bicyclic) bond motifs is 1. The Hall–Kier alpha value is -2.54. The highest BCUT2D eigenvalue weighted by Gasteiger charge is 2.36. The number of methoxy groups -OCH3 is 1. The average molecular weight is 360 g/mol. The number of carbonyl (C=O) groups is 1. The maximum atomic E-state index is 13.2. The van der Waals surface area contributed by atoms with E-state index < -0.39 is 10.0 Å². The summed E-state index contributed by atoms with van der Waals surface area (Å²) in [5.41, 5.74) is 1.10. The zero-order chi connectivity index (χ0) is 18.2. The molecule has 0 N–H and O–H groups in total. The molecule has 0 unspecified atom stereocenters. The summed E-state index contributed by atoms with van der Waals surface area (Å²) >= 11 is 0. The van der Waals surface area contributed by atoms with Crippen molar-refractivity contribution in [2.24, 2.45) is 0 Å². The minimum atomic E-state index is -3.77. The molecule has 1 aliphatic heterocycles. The number of hydrogen-bond donors (Lipinski definition) is 0. The van der Waals surface area contributed by atoms with Gasteiger partial charge in [0.2, 0.25) is 5.91 Å². The number of amides is 1. The predicted octanol–water partition coefficient (Wildman–Crippen LogP) is 2.65. The first kappa shape index (κ1) is 17.3. The van der Waals surface area contributed by atoms with Gasteiger partial charge in [0.15, 0.2) is 0 Å². The lowest BCUT2D eigenvalue weighted by Gasteiger charge is -2.40. The van der Waals surface area contributed by atoms with Gasteiger partial charge in [0.1, 0.15) is 5.75 Å². The fraction of sp³-hybridized carbons (Fsp3) is 0.278. The van der Waals surface area contributed by atoms with Crippen LogP contribution >= 0.6 is 0 Å². The molecule has 1 aliphatic rings. The lowest BCUT2D eigenvalue weighted by molar-refractivity contribution is -0.117. The molecule has 0 aromatic heterocycles. The molecule has 0 bridgehead atoms. The van der Waals surface area contributed by atoms with Crippen LogP contribution in [-0.2, 0) is 14.8 Å². The molecule has 2 aromatic carbocycles. The van der Waals surface area contributed by atoms with Crippen molar-refractivity contribution in [3.05, 3.63) is 48.5 Å². The van der Waals surface area contributed by atoms with Crippen LogP contribution in [0.25, 0.3) is 0 Å². The first-order valence-corrected chi connectivity index (χ1v) is 9.36. The zero-order valence-corrected chi connectivity index (χ0v) is 15.2. The van der Waals surface area contributed by atoms with Crippen LogP contribution in [0, 0.1) is 0 Å². The summed E-state index contributed by atoms with van der Waals surface area (Å²) in [6.07, 6.45) is 0. The van der Waals surface area contributed by atoms with Crippen LogP contribution in [0.5, 0.6) is 5.75 Å². The van der Waals surface area contributed by atoms with Crippen LogP contribution < -0.4 is 13.9 Å². The van der Waals surface area contributed by atoms with E-state index in [1.165, 1.54) is 24.4 Å². The van der Waals surface area contributed by atoms with Gasteiger partial charge in [0.05, 0.1) is 36.0 Å². The van der Waals surface area contributed by atoms with E-state index >= 15 is 0 Å². The topological polar surface area (TPSA) is 66.9 Å². The number of hydrogen-bond acceptors (Lipinski definition) is 4. The first-order valence-electron chi connectivity index (χ1n) is 7.92. The summed E-state index contributed by atoms with van der Waals surface area (Å²) < 4.78 is 32.9. The summed E-state index contributed by atoms with van der Waals surface area (Å²) in [5.74, 6) is 0.364. The molecule has 0 saturated carbocycles. The molecule has 0 saturated heterocycles. The highest BCUT2D eigenvalue weighted by Crippen LogP contribution is 2.38. The minimum Gasteiger partial charge on any atom is -0.497 e. The first-order chi connectivity index (χ1) is 11.9. The fourth-order valence-corrected chi connectivity index (χ4v) is 4.73. The molecule has 1 heterocycles. The monoisotopic (exact) mass is 360 g/mol. The van der Waals surface area contributed by atoms with Gasteiger partial charge in [-0.2, -0.15) is 0 Å². The number of para-hydroxylation sites is 2. The highest BCUT2D eigenvalue weighted by molar-refractivity contribution is 7.92. The second-order valence-corrected chi connectivity index (χ2v) is 7.80. The van der Waals surface area contributed by atoms with E-state index in [0.29, 0.717) is 17.1 Å². The van der Waals surface area contributed by atoms with Gasteiger partial charge < -0.3 is 9.64 Å². The quantitative estimate of drug-likeness (QED) is 0.844. The summed E-state index contributed by atoms with van der Waals surface area (Å²) in [4.78, 5) is 13.8. The molecule has 3 rings (SSSR count). The second kappa shape index (κ2) is 6.40. The lowest BCUT2D eigenvalue weighted by atomic mass is 10.1. The van der Waals surface area contributed by atoms with Crippen LogP contribution in [0.15, 0.2) is 53.4 Å². The van der Waals surface area contributed by atoms with Gasteiger partial charge in [-0.15, -0.1) is 0 Å². The summed E-state index contributed by atoms with van der Waals surface area (Å²) in [5, 5.41) is 0. The number of sulfonamides is 1. The van der Waals surface area contributed by atoms with Crippen molar-refractivity contribution >= 4 is 27.3 Å². The van der Waals surface area contributed by atoms with Crippen molar-refractivity contribution in [3.8, 4) is 5.75 Å². The lowest BCUT2D eigenvalue weighted by Crippen LogP contribution is -2.51. The molecular formula is C18H20N2O4S. The molecule has 1 atom stereocenters. The predicted molar refractivity (Wildman–Crippen MR) is 96.6 cm³/mol. The third-order valence-electron chi connectivity index (χ3n) is 4.25. The van der Waals surface area contributed by atoms with Crippen molar-refractivity contribution in [3.63, 3.8) is 0 Å². The minimum absolute atomic E-state index is 0.113. The van der Waals surface area contributed by atoms with E-state index in [0.717, 1.165) is 0 Å². The molecule has 0 spiro atoms. The smallest absolute Gasteiger partial charge is 0.264 e. The number of nitrogens with zero attached hydrogens (tertiary/aromatic N) is 2. The van der Waals surface area contributed by atoms with Crippen molar-refractivity contribution < 1.29 is 17.9 Å². The standard InChI is InChI=1S/C18H20N2O4S/c1-13-12-19(17-9-4-5-10-18(17)20(13)14(2)21)25(22,23)16-8-6-7-15(11-16)24-3/h4-11,13H,12H2,1-3H3/t13-/m0/s1. The maximum absolute atomic E-state index is 13.2. The van der Waals surface area contributed by atoms with Crippen LogP contribution in [0.1, 0.15) is 13.8 Å². The number of benzene rings is 2. The zero-order valence-electron chi connectivity index (χ0n) is 14.3. The highest BCUT2D eigenvalue weighted by atomic mass is 32.2. The van der Waals surface area contributed by atoms with Gasteiger partial charge in [0.25, 0.3) is 10.0 Å². The molecule has 7 heteroatoms. The molecule has 132 valence electrons. The third kappa shape index (κ3) is 2.95. The van der Waals surface area contributed by atoms with Gasteiger partial charge in [-0.25, -0.2) is 8.42 Å². The SMILES string of the molecule is COc1cccc(S(=O)(=O)N2C[C@H](C)N(C(C)=O)c3ccccc32)c1. The Morgan fingerprint density at radius 1 is 1.12 bits per heavy atom. The van der Waals surface area contributed by atoms with Crippen LogP contribution in [0.2, 0.25) is 0 Å². The Labute approximate surface area is 147 Å². The molecular weight excluding hydrogens is 340 g/mol. The molecule has 2 aromatic rings. The average Bonchev–Trinajstić information content (AvgIpc) is 2.60. The van der Waals surface area contributed by atoms with E-state index in [1.807, 2.05) is 6.92 Å². The molecule has 1 amide bonds. The summed E-state index contributed by atoms with van der Waals surface area (Å²) in [6, 6.07) is 13.2. The fourth-order valence-electron chi connectivity index (χ4n) is 3.13. The molecule has 0 radical (unpaired) electrons. The Kier molecular flexibility index (Phi) is 4.43. The Balaban J connectivity index is 2.13. The molecule has 0 aliphatic carbocycles. The maximum Gasteiger partial charge on any atom is 0.264 e. The van der Waals surface area contributed by atoms with Crippen molar-refractivity contribution in [1.82, 2.24) is 0 Å². The normalized spacial score (nSPS) is 17.2. The molecule has 25 heavy (non-hydrogen) atoms. The largest absolute Gasteiger partial charge is 0.497 e. The number of rotatable bonds is 3. The van der Waals surface area contributed by atoms with Crippen molar-refractivity contribution in [2.45, 2.75) is 24.8 Å². The number of carbonyl (C=O) groups excluding carboxylic acids is 1. The Bertz CT molecular complexity index is 911. The van der Waals surface area contributed by atoms with E-state index in [-0.39, 0.29) is 23.4 Å². The van der Waals surface area contributed by atoms with Crippen LogP contribution in [0.3, 0.4) is 0 Å². The van der Waals surface area contributed by atoms with Gasteiger partial charge in [-0.05, 0) is 31.2 Å². The molecule has 6 nitrogen and oxygen atoms in total. The second-order valence-electron chi connectivity index (χ2n) is 5.94. The van der Waals surface area contributed by atoms with Gasteiger partial charge in [-0.3, -0.25) is 9.10 Å². The van der Waals surface area contributed by atoms with E-state index in [9.17, 15) is 13.2 Å². The van der Waals surface area contributed by atoms with E-state index in [2.05, 4.69) is 0 Å². The summed E-state index contributed by atoms with van der Waals surface area (Å²) in [7, 11) is -2.28. The number of ether oxygens (including phenoxy) is 1. The molecule has 0 fully saturated rings. The van der Waals surface area contributed by atoms with Crippen molar-refractivity contribution in [2.75, 3.05) is 22.9 Å². The van der Waals surface area contributed by atoms with E-state index in [1.54, 1.807) is 47.4 Å². The number of anilines is 2. The van der Waals surface area contributed by atoms with Gasteiger partial charge >= 0.3 is 0 Å². The van der Waals surface area contributed by atoms with Crippen molar-refractivity contribution in [1.29, 1.82) is 0 Å². The van der Waals surface area contributed by atoms with Crippen LogP contribution in [0.4, 0.5) is 11.4 Å². The summed E-state index contributed by atoms with van der Waals surface area (Å²) in [6.45, 7) is 3.51. The Morgan fingerprint density at radius 2 is 1.80 bits per heavy atom.